The van der Waals surface area contributed by atoms with E-state index >= 15 is 0 Å². The van der Waals surface area contributed by atoms with E-state index < -0.39 is 24.0 Å². The van der Waals surface area contributed by atoms with Gasteiger partial charge in [0.1, 0.15) is 5.82 Å². The Morgan fingerprint density at radius 2 is 2.00 bits per heavy atom. The second-order valence-corrected chi connectivity index (χ2v) is 6.12. The molecule has 1 amide bonds. The van der Waals surface area contributed by atoms with Crippen LogP contribution in [0.15, 0.2) is 47.4 Å². The third-order valence-electron chi connectivity index (χ3n) is 4.03. The summed E-state index contributed by atoms with van der Waals surface area (Å²) in [4.78, 5) is 39.5. The minimum atomic E-state index is -0.774. The number of anilines is 1. The Morgan fingerprint density at radius 1 is 1.27 bits per heavy atom. The van der Waals surface area contributed by atoms with Crippen LogP contribution in [0.25, 0.3) is 0 Å². The van der Waals surface area contributed by atoms with E-state index in [9.17, 15) is 14.4 Å². The van der Waals surface area contributed by atoms with Crippen molar-refractivity contribution in [3.8, 4) is 0 Å². The first-order valence-electron chi connectivity index (χ1n) is 8.20. The van der Waals surface area contributed by atoms with Crippen LogP contribution in [0.1, 0.15) is 30.4 Å². The number of nitrogens with zero attached hydrogens (tertiary/aromatic N) is 2. The van der Waals surface area contributed by atoms with Crippen LogP contribution in [0.4, 0.5) is 5.82 Å². The van der Waals surface area contributed by atoms with Gasteiger partial charge in [0.05, 0.1) is 12.2 Å². The summed E-state index contributed by atoms with van der Waals surface area (Å²) in [5.41, 5.74) is -0.173. The van der Waals surface area contributed by atoms with E-state index in [1.165, 1.54) is 23.8 Å². The molecule has 1 fully saturated rings. The SMILES string of the molecule is CC(=O)Nc1ccn([C@@H]2OCC(C)[C@@H]2OC(=O)c2ccccc2)c(=O)n1. The zero-order valence-corrected chi connectivity index (χ0v) is 14.4. The molecule has 1 aromatic carbocycles. The van der Waals surface area contributed by atoms with Crippen molar-refractivity contribution in [1.29, 1.82) is 0 Å². The van der Waals surface area contributed by atoms with Crippen LogP contribution >= 0.6 is 0 Å². The highest BCUT2D eigenvalue weighted by Gasteiger charge is 2.39. The number of benzene rings is 1. The summed E-state index contributed by atoms with van der Waals surface area (Å²) < 4.78 is 12.5. The smallest absolute Gasteiger partial charge is 0.351 e. The normalized spacial score (nSPS) is 22.0. The molecule has 1 aromatic heterocycles. The molecular formula is C18H19N3O5. The number of amides is 1. The van der Waals surface area contributed by atoms with Crippen molar-refractivity contribution in [2.75, 3.05) is 11.9 Å². The lowest BCUT2D eigenvalue weighted by atomic mass is 10.1. The molecule has 0 saturated carbocycles. The van der Waals surface area contributed by atoms with E-state index in [1.54, 1.807) is 24.3 Å². The first-order chi connectivity index (χ1) is 12.5. The van der Waals surface area contributed by atoms with Gasteiger partial charge in [-0.2, -0.15) is 4.98 Å². The molecule has 1 aliphatic heterocycles. The van der Waals surface area contributed by atoms with E-state index in [2.05, 4.69) is 10.3 Å². The molecule has 2 aromatic rings. The van der Waals surface area contributed by atoms with E-state index in [-0.39, 0.29) is 17.6 Å². The molecule has 3 rings (SSSR count). The summed E-state index contributed by atoms with van der Waals surface area (Å²) >= 11 is 0. The second kappa shape index (κ2) is 7.49. The predicted octanol–water partition coefficient (Wildman–Crippen LogP) is 1.59. The van der Waals surface area contributed by atoms with Crippen LogP contribution in [0, 0.1) is 5.92 Å². The Labute approximate surface area is 149 Å². The van der Waals surface area contributed by atoms with Gasteiger partial charge in [-0.25, -0.2) is 9.59 Å². The number of carbonyl (C=O) groups is 2. The first kappa shape index (κ1) is 17.8. The van der Waals surface area contributed by atoms with Crippen LogP contribution in [-0.4, -0.2) is 34.1 Å². The quantitative estimate of drug-likeness (QED) is 0.834. The highest BCUT2D eigenvalue weighted by molar-refractivity contribution is 5.89. The fourth-order valence-electron chi connectivity index (χ4n) is 2.76. The standard InChI is InChI=1S/C18H19N3O5/c1-11-10-25-16(15(11)26-17(23)13-6-4-3-5-7-13)21-9-8-14(19-12(2)22)20-18(21)24/h3-9,11,15-16H,10H2,1-2H3,(H,19,20,22,24)/t11?,15-,16+/m0/s1. The van der Waals surface area contributed by atoms with E-state index in [4.69, 9.17) is 9.47 Å². The molecule has 1 saturated heterocycles. The molecular weight excluding hydrogens is 338 g/mol. The van der Waals surface area contributed by atoms with E-state index in [0.29, 0.717) is 12.2 Å². The van der Waals surface area contributed by atoms with Crippen molar-refractivity contribution in [3.63, 3.8) is 0 Å². The Hall–Kier alpha value is -3.00. The third-order valence-corrected chi connectivity index (χ3v) is 4.03. The first-order valence-corrected chi connectivity index (χ1v) is 8.20. The Balaban J connectivity index is 1.81. The average Bonchev–Trinajstić information content (AvgIpc) is 2.96. The minimum Gasteiger partial charge on any atom is -0.454 e. The van der Waals surface area contributed by atoms with Gasteiger partial charge >= 0.3 is 11.7 Å². The number of aromatic nitrogens is 2. The number of ether oxygens (including phenoxy) is 2. The van der Waals surface area contributed by atoms with Crippen molar-refractivity contribution in [2.45, 2.75) is 26.2 Å². The molecule has 26 heavy (non-hydrogen) atoms. The molecule has 8 nitrogen and oxygen atoms in total. The number of nitrogens with one attached hydrogen (secondary N) is 1. The Kier molecular flexibility index (Phi) is 5.13. The summed E-state index contributed by atoms with van der Waals surface area (Å²) in [6.45, 7) is 3.55. The van der Waals surface area contributed by atoms with Crippen molar-refractivity contribution in [1.82, 2.24) is 9.55 Å². The summed E-state index contributed by atoms with van der Waals surface area (Å²) in [5.74, 6) is -0.735. The average molecular weight is 357 g/mol. The maximum absolute atomic E-state index is 12.4. The number of rotatable bonds is 4. The molecule has 0 spiro atoms. The lowest BCUT2D eigenvalue weighted by Crippen LogP contribution is -2.36. The summed E-state index contributed by atoms with van der Waals surface area (Å²) in [6, 6.07) is 10.1. The Morgan fingerprint density at radius 3 is 2.65 bits per heavy atom. The number of hydrogen-bond donors (Lipinski definition) is 1. The molecule has 0 radical (unpaired) electrons. The van der Waals surface area contributed by atoms with Gasteiger partial charge in [0.2, 0.25) is 5.91 Å². The zero-order chi connectivity index (χ0) is 18.7. The lowest BCUT2D eigenvalue weighted by Gasteiger charge is -2.23. The van der Waals surface area contributed by atoms with Gasteiger partial charge in [-0.3, -0.25) is 9.36 Å². The number of hydrogen-bond acceptors (Lipinski definition) is 6. The number of esters is 1. The molecule has 8 heteroatoms. The molecule has 0 bridgehead atoms. The van der Waals surface area contributed by atoms with Gasteiger partial charge in [-0.1, -0.05) is 25.1 Å². The van der Waals surface area contributed by atoms with Crippen molar-refractivity contribution < 1.29 is 19.1 Å². The van der Waals surface area contributed by atoms with Crippen LogP contribution < -0.4 is 11.0 Å². The van der Waals surface area contributed by atoms with Gasteiger partial charge in [-0.15, -0.1) is 0 Å². The predicted molar refractivity (Wildman–Crippen MR) is 92.6 cm³/mol. The molecule has 3 atom stereocenters. The van der Waals surface area contributed by atoms with Crippen LogP contribution in [0.3, 0.4) is 0 Å². The van der Waals surface area contributed by atoms with E-state index in [1.807, 2.05) is 13.0 Å². The van der Waals surface area contributed by atoms with E-state index in [0.717, 1.165) is 0 Å². The summed E-state index contributed by atoms with van der Waals surface area (Å²) in [5, 5.41) is 2.45. The molecule has 1 N–H and O–H groups in total. The maximum atomic E-state index is 12.4. The van der Waals surface area contributed by atoms with Crippen LogP contribution in [-0.2, 0) is 14.3 Å². The van der Waals surface area contributed by atoms with Gasteiger partial charge in [0.15, 0.2) is 12.3 Å². The molecule has 2 heterocycles. The van der Waals surface area contributed by atoms with Crippen LogP contribution in [0.2, 0.25) is 0 Å². The lowest BCUT2D eigenvalue weighted by molar-refractivity contribution is -0.114. The topological polar surface area (TPSA) is 99.5 Å². The Bertz CT molecular complexity index is 865. The van der Waals surface area contributed by atoms with Crippen molar-refractivity contribution in [3.05, 3.63) is 58.6 Å². The zero-order valence-electron chi connectivity index (χ0n) is 14.4. The van der Waals surface area contributed by atoms with Crippen LogP contribution in [0.5, 0.6) is 0 Å². The molecule has 1 aliphatic rings. The summed E-state index contributed by atoms with van der Waals surface area (Å²) in [7, 11) is 0. The maximum Gasteiger partial charge on any atom is 0.351 e. The highest BCUT2D eigenvalue weighted by Crippen LogP contribution is 2.30. The third kappa shape index (κ3) is 3.80. The fourth-order valence-corrected chi connectivity index (χ4v) is 2.76. The van der Waals surface area contributed by atoms with Gasteiger partial charge in [-0.05, 0) is 18.2 Å². The van der Waals surface area contributed by atoms with Crippen molar-refractivity contribution in [2.24, 2.45) is 5.92 Å². The largest absolute Gasteiger partial charge is 0.454 e. The summed E-state index contributed by atoms with van der Waals surface area (Å²) in [6.07, 6.45) is 0.0602. The molecule has 136 valence electrons. The van der Waals surface area contributed by atoms with Gasteiger partial charge in [0, 0.05) is 19.0 Å². The molecule has 0 aliphatic carbocycles. The molecule has 1 unspecified atom stereocenters. The monoisotopic (exact) mass is 357 g/mol. The highest BCUT2D eigenvalue weighted by atomic mass is 16.6. The van der Waals surface area contributed by atoms with Gasteiger partial charge in [0.25, 0.3) is 0 Å². The number of carbonyl (C=O) groups excluding carboxylic acids is 2. The van der Waals surface area contributed by atoms with Gasteiger partial charge < -0.3 is 14.8 Å². The minimum absolute atomic E-state index is 0.0883. The van der Waals surface area contributed by atoms with Crippen molar-refractivity contribution >= 4 is 17.7 Å². The second-order valence-electron chi connectivity index (χ2n) is 6.12. The fraction of sp³-hybridized carbons (Fsp3) is 0.333.